The highest BCUT2D eigenvalue weighted by molar-refractivity contribution is 5.89. The Morgan fingerprint density at radius 3 is 2.62 bits per heavy atom. The number of hydrogen-bond acceptors (Lipinski definition) is 1. The van der Waals surface area contributed by atoms with Gasteiger partial charge >= 0.3 is 6.03 Å². The van der Waals surface area contributed by atoms with Crippen LogP contribution in [0.15, 0.2) is 18.2 Å². The van der Waals surface area contributed by atoms with Crippen LogP contribution in [0, 0.1) is 13.8 Å². The van der Waals surface area contributed by atoms with E-state index in [0.717, 1.165) is 25.1 Å². The molecule has 0 aliphatic rings. The van der Waals surface area contributed by atoms with E-state index in [1.807, 2.05) is 25.1 Å². The summed E-state index contributed by atoms with van der Waals surface area (Å²) in [5, 5.41) is 5.63. The number of hydrogen-bond donors (Lipinski definition) is 2. The van der Waals surface area contributed by atoms with Gasteiger partial charge in [-0.25, -0.2) is 4.79 Å². The number of unbranched alkanes of at least 4 members (excludes halogenated alkanes) is 1. The zero-order valence-electron chi connectivity index (χ0n) is 10.3. The lowest BCUT2D eigenvalue weighted by atomic mass is 10.1. The molecule has 0 radical (unpaired) electrons. The van der Waals surface area contributed by atoms with Crippen molar-refractivity contribution in [2.24, 2.45) is 0 Å². The van der Waals surface area contributed by atoms with Gasteiger partial charge in [-0.3, -0.25) is 0 Å². The van der Waals surface area contributed by atoms with Gasteiger partial charge in [-0.15, -0.1) is 0 Å². The summed E-state index contributed by atoms with van der Waals surface area (Å²) in [4.78, 5) is 11.5. The summed E-state index contributed by atoms with van der Waals surface area (Å²) in [5.41, 5.74) is 3.26. The summed E-state index contributed by atoms with van der Waals surface area (Å²) >= 11 is 0. The molecule has 3 heteroatoms. The minimum atomic E-state index is -0.128. The van der Waals surface area contributed by atoms with Crippen molar-refractivity contribution < 1.29 is 4.79 Å². The first-order chi connectivity index (χ1) is 7.63. The Kier molecular flexibility index (Phi) is 4.83. The molecule has 3 nitrogen and oxygen atoms in total. The Morgan fingerprint density at radius 2 is 2.00 bits per heavy atom. The van der Waals surface area contributed by atoms with Gasteiger partial charge in [0.15, 0.2) is 0 Å². The molecule has 0 aliphatic carbocycles. The molecule has 2 amide bonds. The molecule has 0 bridgehead atoms. The molecule has 0 saturated carbocycles. The fourth-order valence-electron chi connectivity index (χ4n) is 1.37. The van der Waals surface area contributed by atoms with Crippen molar-refractivity contribution in [2.75, 3.05) is 11.9 Å². The highest BCUT2D eigenvalue weighted by Crippen LogP contribution is 2.13. The van der Waals surface area contributed by atoms with E-state index in [2.05, 4.69) is 24.5 Å². The number of anilines is 1. The van der Waals surface area contributed by atoms with Crippen molar-refractivity contribution in [3.8, 4) is 0 Å². The molecule has 0 aromatic heterocycles. The maximum absolute atomic E-state index is 11.5. The smallest absolute Gasteiger partial charge is 0.319 e. The molecule has 1 aromatic rings. The van der Waals surface area contributed by atoms with E-state index < -0.39 is 0 Å². The fourth-order valence-corrected chi connectivity index (χ4v) is 1.37. The van der Waals surface area contributed by atoms with Gasteiger partial charge < -0.3 is 10.6 Å². The summed E-state index contributed by atoms with van der Waals surface area (Å²) in [6.45, 7) is 6.92. The van der Waals surface area contributed by atoms with Crippen molar-refractivity contribution in [3.05, 3.63) is 29.3 Å². The normalized spacial score (nSPS) is 9.94. The second-order valence-electron chi connectivity index (χ2n) is 4.03. The van der Waals surface area contributed by atoms with Crippen LogP contribution in [0.5, 0.6) is 0 Å². The van der Waals surface area contributed by atoms with Gasteiger partial charge in [0.1, 0.15) is 0 Å². The standard InChI is InChI=1S/C13H20N2O/c1-4-5-8-14-13(16)15-12-7-6-10(2)11(3)9-12/h6-7,9H,4-5,8H2,1-3H3,(H2,14,15,16). The topological polar surface area (TPSA) is 41.1 Å². The zero-order valence-corrected chi connectivity index (χ0v) is 10.3. The second kappa shape index (κ2) is 6.16. The number of benzene rings is 1. The van der Waals surface area contributed by atoms with E-state index in [1.165, 1.54) is 11.1 Å². The van der Waals surface area contributed by atoms with E-state index in [-0.39, 0.29) is 6.03 Å². The minimum Gasteiger partial charge on any atom is -0.338 e. The maximum atomic E-state index is 11.5. The lowest BCUT2D eigenvalue weighted by Crippen LogP contribution is -2.29. The van der Waals surface area contributed by atoms with Gasteiger partial charge in [-0.1, -0.05) is 19.4 Å². The first-order valence-corrected chi connectivity index (χ1v) is 5.75. The summed E-state index contributed by atoms with van der Waals surface area (Å²) in [6.07, 6.45) is 2.10. The highest BCUT2D eigenvalue weighted by atomic mass is 16.2. The number of rotatable bonds is 4. The van der Waals surface area contributed by atoms with Gasteiger partial charge in [0, 0.05) is 12.2 Å². The average molecular weight is 220 g/mol. The Morgan fingerprint density at radius 1 is 1.25 bits per heavy atom. The fraction of sp³-hybridized carbons (Fsp3) is 0.462. The van der Waals surface area contributed by atoms with Crippen LogP contribution in [0.3, 0.4) is 0 Å². The molecule has 0 saturated heterocycles. The molecule has 1 aromatic carbocycles. The second-order valence-corrected chi connectivity index (χ2v) is 4.03. The molecule has 0 atom stereocenters. The van der Waals surface area contributed by atoms with Crippen molar-refractivity contribution >= 4 is 11.7 Å². The van der Waals surface area contributed by atoms with E-state index in [4.69, 9.17) is 0 Å². The van der Waals surface area contributed by atoms with Crippen LogP contribution >= 0.6 is 0 Å². The highest BCUT2D eigenvalue weighted by Gasteiger charge is 2.01. The van der Waals surface area contributed by atoms with Gasteiger partial charge in [0.2, 0.25) is 0 Å². The van der Waals surface area contributed by atoms with Crippen LogP contribution in [-0.4, -0.2) is 12.6 Å². The minimum absolute atomic E-state index is 0.128. The zero-order chi connectivity index (χ0) is 12.0. The van der Waals surface area contributed by atoms with E-state index >= 15 is 0 Å². The Bertz CT molecular complexity index is 361. The Hall–Kier alpha value is -1.51. The molecular formula is C13H20N2O. The third-order valence-corrected chi connectivity index (χ3v) is 2.58. The molecule has 0 unspecified atom stereocenters. The van der Waals surface area contributed by atoms with Crippen LogP contribution < -0.4 is 10.6 Å². The predicted octanol–water partition coefficient (Wildman–Crippen LogP) is 3.23. The number of carbonyl (C=O) groups excluding carboxylic acids is 1. The Balaban J connectivity index is 2.46. The van der Waals surface area contributed by atoms with Gasteiger partial charge in [-0.2, -0.15) is 0 Å². The molecule has 16 heavy (non-hydrogen) atoms. The number of amides is 2. The quantitative estimate of drug-likeness (QED) is 0.751. The Labute approximate surface area is 97.2 Å². The van der Waals surface area contributed by atoms with Gasteiger partial charge in [-0.05, 0) is 43.5 Å². The van der Waals surface area contributed by atoms with Crippen molar-refractivity contribution in [3.63, 3.8) is 0 Å². The van der Waals surface area contributed by atoms with Crippen molar-refractivity contribution in [2.45, 2.75) is 33.6 Å². The van der Waals surface area contributed by atoms with Crippen molar-refractivity contribution in [1.29, 1.82) is 0 Å². The lowest BCUT2D eigenvalue weighted by Gasteiger charge is -2.08. The maximum Gasteiger partial charge on any atom is 0.319 e. The molecule has 88 valence electrons. The summed E-state index contributed by atoms with van der Waals surface area (Å²) in [6, 6.07) is 5.78. The van der Waals surface area contributed by atoms with E-state index in [9.17, 15) is 4.79 Å². The van der Waals surface area contributed by atoms with Crippen molar-refractivity contribution in [1.82, 2.24) is 5.32 Å². The average Bonchev–Trinajstić information content (AvgIpc) is 2.24. The number of urea groups is 1. The molecule has 0 fully saturated rings. The van der Waals surface area contributed by atoms with Gasteiger partial charge in [0.25, 0.3) is 0 Å². The summed E-state index contributed by atoms with van der Waals surface area (Å²) in [7, 11) is 0. The molecular weight excluding hydrogens is 200 g/mol. The molecule has 1 rings (SSSR count). The van der Waals surface area contributed by atoms with E-state index in [1.54, 1.807) is 0 Å². The SMILES string of the molecule is CCCCNC(=O)Nc1ccc(C)c(C)c1. The molecule has 0 heterocycles. The summed E-state index contributed by atoms with van der Waals surface area (Å²) < 4.78 is 0. The van der Waals surface area contributed by atoms with E-state index in [0.29, 0.717) is 0 Å². The van der Waals surface area contributed by atoms with Crippen LogP contribution in [0.4, 0.5) is 10.5 Å². The van der Waals surface area contributed by atoms with Crippen LogP contribution in [0.2, 0.25) is 0 Å². The molecule has 0 aliphatic heterocycles. The third-order valence-electron chi connectivity index (χ3n) is 2.58. The first kappa shape index (κ1) is 12.6. The predicted molar refractivity (Wildman–Crippen MR) is 67.8 cm³/mol. The summed E-state index contributed by atoms with van der Waals surface area (Å²) in [5.74, 6) is 0. The third kappa shape index (κ3) is 3.93. The number of nitrogens with one attached hydrogen (secondary N) is 2. The van der Waals surface area contributed by atoms with Crippen LogP contribution in [-0.2, 0) is 0 Å². The van der Waals surface area contributed by atoms with Crippen LogP contribution in [0.25, 0.3) is 0 Å². The lowest BCUT2D eigenvalue weighted by molar-refractivity contribution is 0.252. The van der Waals surface area contributed by atoms with Crippen LogP contribution in [0.1, 0.15) is 30.9 Å². The monoisotopic (exact) mass is 220 g/mol. The number of aryl methyl sites for hydroxylation is 2. The largest absolute Gasteiger partial charge is 0.338 e. The molecule has 0 spiro atoms. The molecule has 2 N–H and O–H groups in total. The first-order valence-electron chi connectivity index (χ1n) is 5.75. The number of carbonyl (C=O) groups is 1. The van der Waals surface area contributed by atoms with Gasteiger partial charge in [0.05, 0.1) is 0 Å².